The molecule has 0 atom stereocenters. The van der Waals surface area contributed by atoms with Gasteiger partial charge in [-0.3, -0.25) is 0 Å². The fourth-order valence-corrected chi connectivity index (χ4v) is 2.67. The van der Waals surface area contributed by atoms with Gasteiger partial charge in [-0.25, -0.2) is 8.42 Å². The van der Waals surface area contributed by atoms with E-state index in [-0.39, 0.29) is 5.75 Å². The van der Waals surface area contributed by atoms with Crippen molar-refractivity contribution in [2.24, 2.45) is 0 Å². The van der Waals surface area contributed by atoms with Crippen molar-refractivity contribution in [3.05, 3.63) is 36.0 Å². The molecule has 1 heterocycles. The summed E-state index contributed by atoms with van der Waals surface area (Å²) in [4.78, 5) is 0. The Hall–Kier alpha value is -1.29. The Bertz CT molecular complexity index is 626. The average Bonchev–Trinajstić information content (AvgIpc) is 2.59. The predicted molar refractivity (Wildman–Crippen MR) is 71.0 cm³/mol. The number of nitrogens with zero attached hydrogens (tertiary/aromatic N) is 1. The van der Waals surface area contributed by atoms with Gasteiger partial charge in [0.05, 0.1) is 5.75 Å². The minimum atomic E-state index is -2.85. The third kappa shape index (κ3) is 3.09. The molecule has 0 aliphatic heterocycles. The second kappa shape index (κ2) is 4.53. The summed E-state index contributed by atoms with van der Waals surface area (Å²) in [7, 11) is -2.85. The van der Waals surface area contributed by atoms with Gasteiger partial charge < -0.3 is 4.57 Å². The Balaban J connectivity index is 2.14. The summed E-state index contributed by atoms with van der Waals surface area (Å²) in [6.07, 6.45) is 3.97. The van der Waals surface area contributed by atoms with Crippen LogP contribution in [0.15, 0.2) is 30.5 Å². The van der Waals surface area contributed by atoms with Crippen LogP contribution in [0, 0.1) is 6.92 Å². The van der Waals surface area contributed by atoms with Gasteiger partial charge in [0.15, 0.2) is 0 Å². The second-order valence-electron chi connectivity index (χ2n) is 4.55. The summed E-state index contributed by atoms with van der Waals surface area (Å²) >= 11 is 0. The Morgan fingerprint density at radius 2 is 2.00 bits per heavy atom. The minimum Gasteiger partial charge on any atom is -0.347 e. The summed E-state index contributed by atoms with van der Waals surface area (Å²) in [6.45, 7) is 2.82. The predicted octanol–water partition coefficient (Wildman–Crippen LogP) is 2.38. The molecule has 1 aromatic carbocycles. The topological polar surface area (TPSA) is 39.1 Å². The van der Waals surface area contributed by atoms with E-state index in [9.17, 15) is 8.42 Å². The SMILES string of the molecule is Cc1ccc2c(ccn2CCCS(C)(=O)=O)c1. The summed E-state index contributed by atoms with van der Waals surface area (Å²) in [5.41, 5.74) is 2.41. The highest BCUT2D eigenvalue weighted by Crippen LogP contribution is 2.17. The van der Waals surface area contributed by atoms with Gasteiger partial charge in [0.2, 0.25) is 0 Å². The average molecular weight is 251 g/mol. The van der Waals surface area contributed by atoms with Crippen LogP contribution < -0.4 is 0 Å². The molecule has 0 fully saturated rings. The van der Waals surface area contributed by atoms with Gasteiger partial charge in [0.25, 0.3) is 0 Å². The molecule has 17 heavy (non-hydrogen) atoms. The lowest BCUT2D eigenvalue weighted by atomic mass is 10.2. The largest absolute Gasteiger partial charge is 0.347 e. The number of fused-ring (bicyclic) bond motifs is 1. The highest BCUT2D eigenvalue weighted by Gasteiger charge is 2.04. The number of hydrogen-bond donors (Lipinski definition) is 0. The van der Waals surface area contributed by atoms with Crippen LogP contribution in [0.25, 0.3) is 10.9 Å². The lowest BCUT2D eigenvalue weighted by Crippen LogP contribution is -2.06. The molecule has 0 unspecified atom stereocenters. The standard InChI is InChI=1S/C13H17NO2S/c1-11-4-5-13-12(10-11)6-8-14(13)7-3-9-17(2,15)16/h4-6,8,10H,3,7,9H2,1-2H3. The van der Waals surface area contributed by atoms with Crippen LogP contribution in [0.1, 0.15) is 12.0 Å². The molecule has 0 saturated heterocycles. The van der Waals surface area contributed by atoms with Crippen molar-refractivity contribution >= 4 is 20.7 Å². The molecule has 4 heteroatoms. The van der Waals surface area contributed by atoms with E-state index in [2.05, 4.69) is 35.8 Å². The minimum absolute atomic E-state index is 0.249. The molecule has 0 N–H and O–H groups in total. The molecule has 92 valence electrons. The van der Waals surface area contributed by atoms with Gasteiger partial charge in [0.1, 0.15) is 9.84 Å². The molecule has 0 radical (unpaired) electrons. The van der Waals surface area contributed by atoms with Gasteiger partial charge in [-0.05, 0) is 36.9 Å². The van der Waals surface area contributed by atoms with Crippen molar-refractivity contribution in [3.8, 4) is 0 Å². The highest BCUT2D eigenvalue weighted by atomic mass is 32.2. The number of hydrogen-bond acceptors (Lipinski definition) is 2. The number of sulfone groups is 1. The summed E-state index contributed by atoms with van der Waals surface area (Å²) in [5, 5.41) is 1.21. The quantitative estimate of drug-likeness (QED) is 0.837. The van der Waals surface area contributed by atoms with Gasteiger partial charge in [0, 0.05) is 24.5 Å². The van der Waals surface area contributed by atoms with Crippen LogP contribution in [0.5, 0.6) is 0 Å². The number of benzene rings is 1. The molecule has 0 saturated carbocycles. The van der Waals surface area contributed by atoms with E-state index >= 15 is 0 Å². The highest BCUT2D eigenvalue weighted by molar-refractivity contribution is 7.90. The molecule has 1 aromatic heterocycles. The van der Waals surface area contributed by atoms with E-state index in [1.165, 1.54) is 22.7 Å². The van der Waals surface area contributed by atoms with Crippen LogP contribution in [0.2, 0.25) is 0 Å². The zero-order valence-electron chi connectivity index (χ0n) is 10.2. The van der Waals surface area contributed by atoms with E-state index in [1.54, 1.807) is 0 Å². The first-order valence-electron chi connectivity index (χ1n) is 5.69. The molecular weight excluding hydrogens is 234 g/mol. The van der Waals surface area contributed by atoms with Crippen molar-refractivity contribution in [3.63, 3.8) is 0 Å². The molecule has 0 amide bonds. The first-order chi connectivity index (χ1) is 7.96. The number of aromatic nitrogens is 1. The molecule has 0 aliphatic rings. The normalized spacial score (nSPS) is 12.1. The Kier molecular flexibility index (Phi) is 3.24. The summed E-state index contributed by atoms with van der Waals surface area (Å²) < 4.78 is 24.2. The third-order valence-corrected chi connectivity index (χ3v) is 3.87. The van der Waals surface area contributed by atoms with E-state index in [4.69, 9.17) is 0 Å². The molecule has 0 aliphatic carbocycles. The first kappa shape index (κ1) is 12.2. The maximum atomic E-state index is 11.1. The number of aryl methyl sites for hydroxylation is 2. The van der Waals surface area contributed by atoms with Gasteiger partial charge in [-0.2, -0.15) is 0 Å². The second-order valence-corrected chi connectivity index (χ2v) is 6.81. The van der Waals surface area contributed by atoms with Crippen LogP contribution >= 0.6 is 0 Å². The fourth-order valence-electron chi connectivity index (χ4n) is 2.01. The smallest absolute Gasteiger partial charge is 0.147 e. The Morgan fingerprint density at radius 1 is 1.24 bits per heavy atom. The van der Waals surface area contributed by atoms with Crippen LogP contribution in [0.3, 0.4) is 0 Å². The molecule has 3 nitrogen and oxygen atoms in total. The summed E-state index contributed by atoms with van der Waals surface area (Å²) in [5.74, 6) is 0.249. The van der Waals surface area contributed by atoms with Crippen molar-refractivity contribution in [1.29, 1.82) is 0 Å². The van der Waals surface area contributed by atoms with E-state index in [0.29, 0.717) is 6.42 Å². The maximum absolute atomic E-state index is 11.1. The zero-order chi connectivity index (χ0) is 12.5. The van der Waals surface area contributed by atoms with Crippen LogP contribution in [-0.2, 0) is 16.4 Å². The lowest BCUT2D eigenvalue weighted by Gasteiger charge is -2.05. The van der Waals surface area contributed by atoms with Gasteiger partial charge in [-0.1, -0.05) is 11.6 Å². The monoisotopic (exact) mass is 251 g/mol. The van der Waals surface area contributed by atoms with Crippen molar-refractivity contribution in [1.82, 2.24) is 4.57 Å². The lowest BCUT2D eigenvalue weighted by molar-refractivity contribution is 0.593. The van der Waals surface area contributed by atoms with Crippen molar-refractivity contribution in [2.45, 2.75) is 19.9 Å². The molecule has 0 bridgehead atoms. The van der Waals surface area contributed by atoms with Crippen LogP contribution in [-0.4, -0.2) is 25.0 Å². The fraction of sp³-hybridized carbons (Fsp3) is 0.385. The van der Waals surface area contributed by atoms with E-state index in [1.807, 2.05) is 6.20 Å². The Labute approximate surface area is 102 Å². The Morgan fingerprint density at radius 3 is 2.71 bits per heavy atom. The van der Waals surface area contributed by atoms with Crippen molar-refractivity contribution < 1.29 is 8.42 Å². The molecular formula is C13H17NO2S. The van der Waals surface area contributed by atoms with Gasteiger partial charge in [-0.15, -0.1) is 0 Å². The van der Waals surface area contributed by atoms with Crippen LogP contribution in [0.4, 0.5) is 0 Å². The maximum Gasteiger partial charge on any atom is 0.147 e. The molecule has 0 spiro atoms. The zero-order valence-corrected chi connectivity index (χ0v) is 11.0. The van der Waals surface area contributed by atoms with E-state index in [0.717, 1.165) is 6.54 Å². The van der Waals surface area contributed by atoms with Gasteiger partial charge >= 0.3 is 0 Å². The molecule has 2 rings (SSSR count). The summed E-state index contributed by atoms with van der Waals surface area (Å²) in [6, 6.07) is 8.38. The molecule has 2 aromatic rings. The third-order valence-electron chi connectivity index (χ3n) is 2.84. The van der Waals surface area contributed by atoms with Crippen molar-refractivity contribution in [2.75, 3.05) is 12.0 Å². The number of rotatable bonds is 4. The first-order valence-corrected chi connectivity index (χ1v) is 7.75. The van der Waals surface area contributed by atoms with E-state index < -0.39 is 9.84 Å².